The van der Waals surface area contributed by atoms with Crippen LogP contribution in [0.3, 0.4) is 0 Å². The van der Waals surface area contributed by atoms with Gasteiger partial charge in [-0.2, -0.15) is 0 Å². The largest absolute Gasteiger partial charge is 0.506 e. The highest BCUT2D eigenvalue weighted by atomic mass is 16.5. The first-order valence-electron chi connectivity index (χ1n) is 9.45. The van der Waals surface area contributed by atoms with Crippen LogP contribution in [-0.4, -0.2) is 43.4 Å². The lowest BCUT2D eigenvalue weighted by atomic mass is 10.0. The summed E-state index contributed by atoms with van der Waals surface area (Å²) in [5, 5.41) is 11.2. The molecule has 1 aromatic heterocycles. The van der Waals surface area contributed by atoms with Crippen LogP contribution in [0.1, 0.15) is 12.8 Å². The monoisotopic (exact) mass is 381 g/mol. The highest BCUT2D eigenvalue weighted by molar-refractivity contribution is 5.90. The Morgan fingerprint density at radius 1 is 1.07 bits per heavy atom. The molecular formula is C22H23NO5. The standard InChI is InChI=1S/C22H23NO5/c1-26-16-6-4-15(5-7-16)20-21(24)18-9-8-17(14-19(18)28-22(20)25)27-13-12-23-10-2-3-11-23/h4-9,14,24H,2-3,10-13H2,1H3. The van der Waals surface area contributed by atoms with Gasteiger partial charge in [0.05, 0.1) is 12.5 Å². The highest BCUT2D eigenvalue weighted by Crippen LogP contribution is 2.35. The molecule has 1 fully saturated rings. The first kappa shape index (κ1) is 18.4. The number of hydrogen-bond acceptors (Lipinski definition) is 6. The molecule has 2 aromatic carbocycles. The number of methoxy groups -OCH3 is 1. The fraction of sp³-hybridized carbons (Fsp3) is 0.318. The zero-order valence-corrected chi connectivity index (χ0v) is 15.8. The molecule has 1 aliphatic rings. The number of aromatic hydroxyl groups is 1. The minimum absolute atomic E-state index is 0.0972. The van der Waals surface area contributed by atoms with Crippen molar-refractivity contribution < 1.29 is 19.0 Å². The maximum Gasteiger partial charge on any atom is 0.347 e. The molecule has 0 radical (unpaired) electrons. The summed E-state index contributed by atoms with van der Waals surface area (Å²) in [5.74, 6) is 1.19. The Bertz CT molecular complexity index is 1020. The van der Waals surface area contributed by atoms with Crippen LogP contribution >= 0.6 is 0 Å². The molecule has 0 atom stereocenters. The minimum atomic E-state index is -0.593. The Morgan fingerprint density at radius 2 is 1.79 bits per heavy atom. The lowest BCUT2D eigenvalue weighted by Crippen LogP contribution is -2.25. The minimum Gasteiger partial charge on any atom is -0.506 e. The van der Waals surface area contributed by atoms with Crippen molar-refractivity contribution in [3.63, 3.8) is 0 Å². The van der Waals surface area contributed by atoms with Crippen molar-refractivity contribution in [3.05, 3.63) is 52.9 Å². The molecule has 28 heavy (non-hydrogen) atoms. The summed E-state index contributed by atoms with van der Waals surface area (Å²) < 4.78 is 16.4. The lowest BCUT2D eigenvalue weighted by Gasteiger charge is -2.15. The summed E-state index contributed by atoms with van der Waals surface area (Å²) in [7, 11) is 1.57. The van der Waals surface area contributed by atoms with Gasteiger partial charge < -0.3 is 19.0 Å². The van der Waals surface area contributed by atoms with E-state index in [4.69, 9.17) is 13.9 Å². The second kappa shape index (κ2) is 7.94. The van der Waals surface area contributed by atoms with E-state index in [1.165, 1.54) is 12.8 Å². The second-order valence-corrected chi connectivity index (χ2v) is 6.90. The fourth-order valence-corrected chi connectivity index (χ4v) is 3.57. The van der Waals surface area contributed by atoms with Gasteiger partial charge in [-0.25, -0.2) is 4.79 Å². The van der Waals surface area contributed by atoms with Gasteiger partial charge in [-0.05, 0) is 55.8 Å². The van der Waals surface area contributed by atoms with Gasteiger partial charge in [-0.1, -0.05) is 12.1 Å². The van der Waals surface area contributed by atoms with Crippen molar-refractivity contribution in [2.24, 2.45) is 0 Å². The molecule has 1 N–H and O–H groups in total. The third-order valence-electron chi connectivity index (χ3n) is 5.11. The molecule has 3 aromatic rings. The van der Waals surface area contributed by atoms with Gasteiger partial charge in [0.15, 0.2) is 0 Å². The van der Waals surface area contributed by atoms with Gasteiger partial charge in [-0.15, -0.1) is 0 Å². The quantitative estimate of drug-likeness (QED) is 0.657. The van der Waals surface area contributed by atoms with Crippen LogP contribution in [0.25, 0.3) is 22.1 Å². The van der Waals surface area contributed by atoms with Crippen LogP contribution < -0.4 is 15.1 Å². The highest BCUT2D eigenvalue weighted by Gasteiger charge is 2.17. The summed E-state index contributed by atoms with van der Waals surface area (Å²) in [6, 6.07) is 12.0. The van der Waals surface area contributed by atoms with E-state index in [9.17, 15) is 9.90 Å². The summed E-state index contributed by atoms with van der Waals surface area (Å²) >= 11 is 0. The number of fused-ring (bicyclic) bond motifs is 1. The first-order valence-corrected chi connectivity index (χ1v) is 9.45. The van der Waals surface area contributed by atoms with Crippen LogP contribution in [0, 0.1) is 0 Å². The molecule has 0 saturated carbocycles. The number of hydrogen-bond donors (Lipinski definition) is 1. The van der Waals surface area contributed by atoms with Crippen LogP contribution in [0.15, 0.2) is 51.7 Å². The molecule has 6 heteroatoms. The number of likely N-dealkylation sites (tertiary alicyclic amines) is 1. The third-order valence-corrected chi connectivity index (χ3v) is 5.11. The summed E-state index contributed by atoms with van der Waals surface area (Å²) in [5.41, 5.74) is 0.417. The van der Waals surface area contributed by atoms with E-state index in [0.29, 0.717) is 34.6 Å². The smallest absolute Gasteiger partial charge is 0.347 e. The number of ether oxygens (including phenoxy) is 2. The van der Waals surface area contributed by atoms with Gasteiger partial charge >= 0.3 is 5.63 Å². The summed E-state index contributed by atoms with van der Waals surface area (Å²) in [6.45, 7) is 3.70. The predicted octanol–water partition coefficient (Wildman–Crippen LogP) is 3.65. The van der Waals surface area contributed by atoms with Gasteiger partial charge in [0.25, 0.3) is 0 Å². The molecule has 0 aliphatic carbocycles. The van der Waals surface area contributed by atoms with E-state index >= 15 is 0 Å². The Labute approximate surface area is 162 Å². The second-order valence-electron chi connectivity index (χ2n) is 6.90. The number of rotatable bonds is 6. The first-order chi connectivity index (χ1) is 13.7. The van der Waals surface area contributed by atoms with Crippen molar-refractivity contribution in [2.45, 2.75) is 12.8 Å². The Morgan fingerprint density at radius 3 is 2.50 bits per heavy atom. The fourth-order valence-electron chi connectivity index (χ4n) is 3.57. The normalized spacial score (nSPS) is 14.5. The molecule has 0 bridgehead atoms. The van der Waals surface area contributed by atoms with Crippen LogP contribution in [-0.2, 0) is 0 Å². The SMILES string of the molecule is COc1ccc(-c2c(O)c3ccc(OCCN4CCCC4)cc3oc2=O)cc1. The Kier molecular flexibility index (Phi) is 5.21. The molecule has 1 aliphatic heterocycles. The maximum atomic E-state index is 12.5. The van der Waals surface area contributed by atoms with Crippen molar-refractivity contribution in [1.29, 1.82) is 0 Å². The van der Waals surface area contributed by atoms with Crippen molar-refractivity contribution in [1.82, 2.24) is 4.90 Å². The predicted molar refractivity (Wildman–Crippen MR) is 107 cm³/mol. The van der Waals surface area contributed by atoms with E-state index in [1.54, 1.807) is 49.6 Å². The molecular weight excluding hydrogens is 358 g/mol. The van der Waals surface area contributed by atoms with Gasteiger partial charge in [0.2, 0.25) is 0 Å². The molecule has 6 nitrogen and oxygen atoms in total. The zero-order chi connectivity index (χ0) is 19.5. The molecule has 146 valence electrons. The zero-order valence-electron chi connectivity index (χ0n) is 15.8. The van der Waals surface area contributed by atoms with Crippen LogP contribution in [0.5, 0.6) is 17.2 Å². The Balaban J connectivity index is 1.59. The van der Waals surface area contributed by atoms with Gasteiger partial charge in [-0.3, -0.25) is 4.90 Å². The average Bonchev–Trinajstić information content (AvgIpc) is 3.22. The van der Waals surface area contributed by atoms with E-state index in [2.05, 4.69) is 4.90 Å². The molecule has 0 unspecified atom stereocenters. The van der Waals surface area contributed by atoms with Gasteiger partial charge in [0.1, 0.15) is 35.0 Å². The molecule has 2 heterocycles. The molecule has 0 amide bonds. The summed E-state index contributed by atoms with van der Waals surface area (Å²) in [6.07, 6.45) is 2.49. The van der Waals surface area contributed by atoms with Gasteiger partial charge in [0, 0.05) is 12.6 Å². The molecule has 1 saturated heterocycles. The summed E-state index contributed by atoms with van der Waals surface area (Å²) in [4.78, 5) is 14.9. The van der Waals surface area contributed by atoms with E-state index in [0.717, 1.165) is 19.6 Å². The molecule has 4 rings (SSSR count). The van der Waals surface area contributed by atoms with Crippen LogP contribution in [0.4, 0.5) is 0 Å². The number of benzene rings is 2. The maximum absolute atomic E-state index is 12.5. The third kappa shape index (κ3) is 3.68. The topological polar surface area (TPSA) is 72.1 Å². The average molecular weight is 381 g/mol. The van der Waals surface area contributed by atoms with Crippen LogP contribution in [0.2, 0.25) is 0 Å². The van der Waals surface area contributed by atoms with E-state index < -0.39 is 5.63 Å². The van der Waals surface area contributed by atoms with E-state index in [-0.39, 0.29) is 11.3 Å². The lowest BCUT2D eigenvalue weighted by molar-refractivity contribution is 0.238. The Hall–Kier alpha value is -2.99. The van der Waals surface area contributed by atoms with E-state index in [1.807, 2.05) is 0 Å². The van der Waals surface area contributed by atoms with Crippen molar-refractivity contribution >= 4 is 11.0 Å². The van der Waals surface area contributed by atoms with Crippen molar-refractivity contribution in [3.8, 4) is 28.4 Å². The molecule has 0 spiro atoms. The van der Waals surface area contributed by atoms with Crippen molar-refractivity contribution in [2.75, 3.05) is 33.4 Å². The number of nitrogens with zero attached hydrogens (tertiary/aromatic N) is 1.